The molecule has 0 radical (unpaired) electrons. The number of carbonyl (C=O) groups excluding carboxylic acids is 3. The number of hydrogen-bond donors (Lipinski definition) is 1. The van der Waals surface area contributed by atoms with Crippen LogP contribution in [0.4, 0.5) is 14.9 Å². The zero-order valence-electron chi connectivity index (χ0n) is 17.7. The number of nitrogens with zero attached hydrogens (tertiary/aromatic N) is 1. The van der Waals surface area contributed by atoms with Crippen LogP contribution in [0.3, 0.4) is 0 Å². The number of anilines is 1. The van der Waals surface area contributed by atoms with Gasteiger partial charge in [-0.15, -0.1) is 0 Å². The van der Waals surface area contributed by atoms with Crippen molar-refractivity contribution in [1.82, 2.24) is 4.90 Å². The minimum atomic E-state index is -0.579. The highest BCUT2D eigenvalue weighted by Crippen LogP contribution is 2.34. The molecule has 0 aliphatic carbocycles. The van der Waals surface area contributed by atoms with Crippen molar-refractivity contribution in [3.05, 3.63) is 99.7 Å². The van der Waals surface area contributed by atoms with Gasteiger partial charge < -0.3 is 10.1 Å². The third-order valence-corrected chi connectivity index (χ3v) is 6.05. The molecule has 0 unspecified atom stereocenters. The van der Waals surface area contributed by atoms with E-state index in [2.05, 4.69) is 5.32 Å². The van der Waals surface area contributed by atoms with Crippen LogP contribution in [0.2, 0.25) is 5.02 Å². The molecule has 0 aromatic heterocycles. The van der Waals surface area contributed by atoms with Crippen molar-refractivity contribution in [2.75, 3.05) is 11.9 Å². The zero-order valence-corrected chi connectivity index (χ0v) is 19.2. The number of thioether (sulfide) groups is 1. The Hall–Kier alpha value is -3.62. The number of nitrogens with one attached hydrogen (secondary N) is 1. The molecule has 1 saturated heterocycles. The summed E-state index contributed by atoms with van der Waals surface area (Å²) in [6.45, 7) is -0.308. The van der Waals surface area contributed by atoms with Crippen LogP contribution >= 0.6 is 23.4 Å². The number of imide groups is 1. The molecule has 1 aliphatic heterocycles. The first-order valence-corrected chi connectivity index (χ1v) is 11.4. The van der Waals surface area contributed by atoms with Crippen LogP contribution < -0.4 is 10.1 Å². The molecule has 1 aliphatic rings. The normalized spacial score (nSPS) is 14.5. The summed E-state index contributed by atoms with van der Waals surface area (Å²) in [6.07, 6.45) is 1.54. The second-order valence-corrected chi connectivity index (χ2v) is 8.65. The lowest BCUT2D eigenvalue weighted by molar-refractivity contribution is -0.127. The van der Waals surface area contributed by atoms with E-state index in [1.165, 1.54) is 18.2 Å². The van der Waals surface area contributed by atoms with Gasteiger partial charge in [0.1, 0.15) is 24.7 Å². The van der Waals surface area contributed by atoms with Crippen LogP contribution in [0, 0.1) is 5.82 Å². The van der Waals surface area contributed by atoms with E-state index in [-0.39, 0.29) is 17.3 Å². The average Bonchev–Trinajstić information content (AvgIpc) is 3.07. The Labute approximate surface area is 204 Å². The molecular formula is C25H18ClFN2O4S. The van der Waals surface area contributed by atoms with Crippen molar-refractivity contribution in [3.63, 3.8) is 0 Å². The molecule has 3 aromatic rings. The molecule has 0 atom stereocenters. The number of carbonyl (C=O) groups is 3. The van der Waals surface area contributed by atoms with Gasteiger partial charge in [0.05, 0.1) is 15.6 Å². The smallest absolute Gasteiger partial charge is 0.294 e. The van der Waals surface area contributed by atoms with Gasteiger partial charge in [-0.3, -0.25) is 19.3 Å². The number of amides is 3. The van der Waals surface area contributed by atoms with Crippen molar-refractivity contribution >= 4 is 52.2 Å². The molecule has 34 heavy (non-hydrogen) atoms. The van der Waals surface area contributed by atoms with Crippen LogP contribution in [-0.2, 0) is 16.2 Å². The van der Waals surface area contributed by atoms with Gasteiger partial charge in [-0.25, -0.2) is 4.39 Å². The number of halogens is 2. The topological polar surface area (TPSA) is 75.7 Å². The Kier molecular flexibility index (Phi) is 7.30. The highest BCUT2D eigenvalue weighted by atomic mass is 35.5. The summed E-state index contributed by atoms with van der Waals surface area (Å²) in [7, 11) is 0. The van der Waals surface area contributed by atoms with Gasteiger partial charge in [0, 0.05) is 5.56 Å². The van der Waals surface area contributed by atoms with Crippen molar-refractivity contribution < 1.29 is 23.5 Å². The van der Waals surface area contributed by atoms with E-state index in [4.69, 9.17) is 16.3 Å². The Morgan fingerprint density at radius 3 is 2.62 bits per heavy atom. The fourth-order valence-corrected chi connectivity index (χ4v) is 4.20. The molecule has 1 fully saturated rings. The molecule has 0 spiro atoms. The van der Waals surface area contributed by atoms with Crippen LogP contribution in [-0.4, -0.2) is 28.5 Å². The van der Waals surface area contributed by atoms with E-state index in [1.807, 2.05) is 0 Å². The predicted octanol–water partition coefficient (Wildman–Crippen LogP) is 5.73. The maximum absolute atomic E-state index is 13.4. The molecular weight excluding hydrogens is 479 g/mol. The second-order valence-electron chi connectivity index (χ2n) is 7.25. The van der Waals surface area contributed by atoms with E-state index in [9.17, 15) is 18.8 Å². The van der Waals surface area contributed by atoms with Gasteiger partial charge in [-0.1, -0.05) is 54.1 Å². The summed E-state index contributed by atoms with van der Waals surface area (Å²) < 4.78 is 19.2. The van der Waals surface area contributed by atoms with Gasteiger partial charge >= 0.3 is 0 Å². The van der Waals surface area contributed by atoms with E-state index >= 15 is 0 Å². The Bertz CT molecular complexity index is 1300. The Morgan fingerprint density at radius 1 is 1.06 bits per heavy atom. The minimum absolute atomic E-state index is 0.131. The largest absolute Gasteiger partial charge is 0.488 e. The third-order valence-electron chi connectivity index (χ3n) is 4.81. The lowest BCUT2D eigenvalue weighted by Crippen LogP contribution is -2.36. The first-order chi connectivity index (χ1) is 16.4. The lowest BCUT2D eigenvalue weighted by Gasteiger charge is -2.13. The first kappa shape index (κ1) is 23.5. The molecule has 9 heteroatoms. The van der Waals surface area contributed by atoms with E-state index in [0.29, 0.717) is 27.6 Å². The highest BCUT2D eigenvalue weighted by Gasteiger charge is 2.36. The second kappa shape index (κ2) is 10.5. The summed E-state index contributed by atoms with van der Waals surface area (Å²) in [5.41, 5.74) is 1.62. The van der Waals surface area contributed by atoms with Crippen molar-refractivity contribution in [2.24, 2.45) is 0 Å². The van der Waals surface area contributed by atoms with Gasteiger partial charge in [0.25, 0.3) is 11.1 Å². The maximum Gasteiger partial charge on any atom is 0.294 e. The van der Waals surface area contributed by atoms with Crippen molar-refractivity contribution in [3.8, 4) is 5.75 Å². The molecule has 6 nitrogen and oxygen atoms in total. The van der Waals surface area contributed by atoms with Crippen LogP contribution in [0.1, 0.15) is 11.1 Å². The van der Waals surface area contributed by atoms with Gasteiger partial charge in [-0.05, 0) is 53.7 Å². The molecule has 1 N–H and O–H groups in total. The van der Waals surface area contributed by atoms with Crippen molar-refractivity contribution in [2.45, 2.75) is 6.61 Å². The summed E-state index contributed by atoms with van der Waals surface area (Å²) >= 11 is 6.78. The number of rotatable bonds is 7. The van der Waals surface area contributed by atoms with Crippen LogP contribution in [0.25, 0.3) is 6.08 Å². The van der Waals surface area contributed by atoms with Crippen molar-refractivity contribution in [1.29, 1.82) is 0 Å². The average molecular weight is 497 g/mol. The van der Waals surface area contributed by atoms with E-state index in [0.717, 1.165) is 16.7 Å². The number of para-hydroxylation sites is 2. The maximum atomic E-state index is 13.4. The summed E-state index contributed by atoms with van der Waals surface area (Å²) in [5, 5.41) is 2.39. The molecule has 1 heterocycles. The monoisotopic (exact) mass is 496 g/mol. The van der Waals surface area contributed by atoms with Crippen LogP contribution in [0.5, 0.6) is 5.75 Å². The fraction of sp³-hybridized carbons (Fsp3) is 0.0800. The highest BCUT2D eigenvalue weighted by molar-refractivity contribution is 8.18. The van der Waals surface area contributed by atoms with Gasteiger partial charge in [-0.2, -0.15) is 0 Å². The summed E-state index contributed by atoms with van der Waals surface area (Å²) in [4.78, 5) is 38.7. The third kappa shape index (κ3) is 5.65. The Balaban J connectivity index is 1.46. The molecule has 3 aromatic carbocycles. The number of benzene rings is 3. The number of hydrogen-bond acceptors (Lipinski definition) is 5. The standard InChI is InChI=1S/C25H18ClFN2O4S/c26-19-9-2-3-10-20(19)28-23(30)14-29-24(31)22(34-25(29)32)13-17-7-1-4-11-21(17)33-15-16-6-5-8-18(27)12-16/h1-13H,14-15H2,(H,28,30)/b22-13+. The van der Waals surface area contributed by atoms with Crippen LogP contribution in [0.15, 0.2) is 77.7 Å². The quantitative estimate of drug-likeness (QED) is 0.422. The molecule has 4 rings (SSSR count). The summed E-state index contributed by atoms with van der Waals surface area (Å²) in [5.74, 6) is -1.02. The molecule has 172 valence electrons. The van der Waals surface area contributed by atoms with E-state index < -0.39 is 23.6 Å². The minimum Gasteiger partial charge on any atom is -0.488 e. The first-order valence-electron chi connectivity index (χ1n) is 10.2. The van der Waals surface area contributed by atoms with E-state index in [1.54, 1.807) is 60.7 Å². The predicted molar refractivity (Wildman–Crippen MR) is 130 cm³/mol. The SMILES string of the molecule is O=C(CN1C(=O)S/C(=C/c2ccccc2OCc2cccc(F)c2)C1=O)Nc1ccccc1Cl. The Morgan fingerprint density at radius 2 is 1.82 bits per heavy atom. The summed E-state index contributed by atoms with van der Waals surface area (Å²) in [6, 6.07) is 19.7. The lowest BCUT2D eigenvalue weighted by atomic mass is 10.1. The fourth-order valence-electron chi connectivity index (χ4n) is 3.19. The molecule has 3 amide bonds. The zero-order chi connectivity index (χ0) is 24.1. The van der Waals surface area contributed by atoms with Gasteiger partial charge in [0.15, 0.2) is 0 Å². The van der Waals surface area contributed by atoms with Gasteiger partial charge in [0.2, 0.25) is 5.91 Å². The molecule has 0 bridgehead atoms. The number of ether oxygens (including phenoxy) is 1. The molecule has 0 saturated carbocycles.